The Kier molecular flexibility index (Phi) is 6.33. The van der Waals surface area contributed by atoms with Gasteiger partial charge in [-0.3, -0.25) is 0 Å². The number of phenols is 1. The monoisotopic (exact) mass is 440 g/mol. The predicted molar refractivity (Wildman–Crippen MR) is 111 cm³/mol. The molecule has 0 heterocycles. The quantitative estimate of drug-likeness (QED) is 0.563. The van der Waals surface area contributed by atoms with Crippen molar-refractivity contribution in [3.8, 4) is 5.75 Å². The standard InChI is InChI=1S/C20H22ClFN2O4S/c1-12-15(22)7-4-8-16(12)23-20(26)24-17-10-9-14(21)19(18(17)25)29(27,28)11-13-5-2-3-6-13/h4,7-10,13,25H,2-3,5-6,11H2,1H3,(H2,23,24,26). The number of hydrogen-bond donors (Lipinski definition) is 3. The van der Waals surface area contributed by atoms with Crippen molar-refractivity contribution in [2.24, 2.45) is 5.92 Å². The van der Waals surface area contributed by atoms with Crippen LogP contribution in [0.1, 0.15) is 31.2 Å². The average Bonchev–Trinajstić information content (AvgIpc) is 3.13. The molecule has 1 aliphatic rings. The summed E-state index contributed by atoms with van der Waals surface area (Å²) in [5, 5.41) is 15.3. The second-order valence-electron chi connectivity index (χ2n) is 7.20. The van der Waals surface area contributed by atoms with Gasteiger partial charge >= 0.3 is 6.03 Å². The van der Waals surface area contributed by atoms with Gasteiger partial charge in [0, 0.05) is 11.3 Å². The fourth-order valence-corrected chi connectivity index (χ4v) is 5.93. The molecule has 29 heavy (non-hydrogen) atoms. The minimum Gasteiger partial charge on any atom is -0.504 e. The van der Waals surface area contributed by atoms with Gasteiger partial charge in [-0.25, -0.2) is 17.6 Å². The highest BCUT2D eigenvalue weighted by molar-refractivity contribution is 7.91. The van der Waals surface area contributed by atoms with Gasteiger partial charge in [-0.2, -0.15) is 0 Å². The first-order valence-electron chi connectivity index (χ1n) is 9.26. The van der Waals surface area contributed by atoms with E-state index in [1.807, 2.05) is 0 Å². The third-order valence-corrected chi connectivity index (χ3v) is 7.46. The Bertz CT molecular complexity index is 1040. The fourth-order valence-electron chi connectivity index (χ4n) is 3.53. The first kappa shape index (κ1) is 21.4. The van der Waals surface area contributed by atoms with Crippen molar-refractivity contribution >= 4 is 38.8 Å². The Morgan fingerprint density at radius 1 is 1.17 bits per heavy atom. The second kappa shape index (κ2) is 8.59. The molecule has 2 aromatic carbocycles. The third kappa shape index (κ3) is 4.82. The van der Waals surface area contributed by atoms with E-state index >= 15 is 0 Å². The lowest BCUT2D eigenvalue weighted by atomic mass is 10.1. The number of urea groups is 1. The lowest BCUT2D eigenvalue weighted by Crippen LogP contribution is -2.21. The Morgan fingerprint density at radius 3 is 2.52 bits per heavy atom. The van der Waals surface area contributed by atoms with Crippen LogP contribution in [0, 0.1) is 18.7 Å². The summed E-state index contributed by atoms with van der Waals surface area (Å²) in [6.07, 6.45) is 3.62. The molecule has 1 aliphatic carbocycles. The summed E-state index contributed by atoms with van der Waals surface area (Å²) in [6, 6.07) is 6.11. The molecule has 6 nitrogen and oxygen atoms in total. The van der Waals surface area contributed by atoms with Crippen LogP contribution in [0.4, 0.5) is 20.6 Å². The molecule has 0 bridgehead atoms. The van der Waals surface area contributed by atoms with Crippen molar-refractivity contribution in [2.45, 2.75) is 37.5 Å². The van der Waals surface area contributed by atoms with Crippen LogP contribution < -0.4 is 10.6 Å². The second-order valence-corrected chi connectivity index (χ2v) is 9.57. The Hall–Kier alpha value is -2.32. The molecular weight excluding hydrogens is 419 g/mol. The van der Waals surface area contributed by atoms with Crippen LogP contribution in [0.25, 0.3) is 0 Å². The number of benzene rings is 2. The van der Waals surface area contributed by atoms with Gasteiger partial charge in [-0.05, 0) is 49.9 Å². The number of hydrogen-bond acceptors (Lipinski definition) is 4. The number of amides is 2. The molecule has 3 rings (SSSR count). The average molecular weight is 441 g/mol. The van der Waals surface area contributed by atoms with Gasteiger partial charge in [0.05, 0.1) is 16.5 Å². The summed E-state index contributed by atoms with van der Waals surface area (Å²) in [6.45, 7) is 1.51. The molecule has 2 aromatic rings. The molecule has 2 amide bonds. The molecule has 0 spiro atoms. The smallest absolute Gasteiger partial charge is 0.323 e. The maximum atomic E-state index is 13.6. The maximum absolute atomic E-state index is 13.6. The Morgan fingerprint density at radius 2 is 1.83 bits per heavy atom. The third-order valence-electron chi connectivity index (χ3n) is 5.09. The molecule has 3 N–H and O–H groups in total. The van der Waals surface area contributed by atoms with Crippen LogP contribution in [0.2, 0.25) is 5.02 Å². The summed E-state index contributed by atoms with van der Waals surface area (Å²) in [7, 11) is -3.84. The molecule has 1 saturated carbocycles. The topological polar surface area (TPSA) is 95.5 Å². The van der Waals surface area contributed by atoms with Crippen molar-refractivity contribution in [1.29, 1.82) is 0 Å². The van der Waals surface area contributed by atoms with Gasteiger partial charge in [-0.1, -0.05) is 30.5 Å². The van der Waals surface area contributed by atoms with E-state index in [1.165, 1.54) is 37.3 Å². The first-order valence-corrected chi connectivity index (χ1v) is 11.3. The maximum Gasteiger partial charge on any atom is 0.323 e. The molecule has 0 saturated heterocycles. The zero-order chi connectivity index (χ0) is 21.2. The fraction of sp³-hybridized carbons (Fsp3) is 0.350. The number of carbonyl (C=O) groups excluding carboxylic acids is 1. The summed E-state index contributed by atoms with van der Waals surface area (Å²) >= 11 is 6.07. The minimum absolute atomic E-state index is 0.0336. The van der Waals surface area contributed by atoms with Gasteiger partial charge in [-0.15, -0.1) is 0 Å². The zero-order valence-electron chi connectivity index (χ0n) is 15.8. The van der Waals surface area contributed by atoms with Crippen LogP contribution in [0.5, 0.6) is 5.75 Å². The highest BCUT2D eigenvalue weighted by Gasteiger charge is 2.29. The van der Waals surface area contributed by atoms with Gasteiger partial charge in [0.25, 0.3) is 0 Å². The number of rotatable bonds is 5. The minimum atomic E-state index is -3.84. The number of anilines is 2. The first-order chi connectivity index (χ1) is 13.7. The van der Waals surface area contributed by atoms with Gasteiger partial charge in [0.15, 0.2) is 15.6 Å². The zero-order valence-corrected chi connectivity index (χ0v) is 17.4. The summed E-state index contributed by atoms with van der Waals surface area (Å²) < 4.78 is 39.3. The SMILES string of the molecule is Cc1c(F)cccc1NC(=O)Nc1ccc(Cl)c(S(=O)(=O)CC2CCCC2)c1O. The molecule has 0 radical (unpaired) electrons. The van der Waals surface area contributed by atoms with Crippen molar-refractivity contribution in [3.63, 3.8) is 0 Å². The molecule has 156 valence electrons. The molecular formula is C20H22ClFN2O4S. The molecule has 0 aromatic heterocycles. The van der Waals surface area contributed by atoms with Crippen molar-refractivity contribution in [3.05, 3.63) is 46.7 Å². The van der Waals surface area contributed by atoms with E-state index in [4.69, 9.17) is 11.6 Å². The van der Waals surface area contributed by atoms with Crippen LogP contribution in [-0.2, 0) is 9.84 Å². The summed E-state index contributed by atoms with van der Waals surface area (Å²) in [5.74, 6) is -1.15. The number of halogens is 2. The van der Waals surface area contributed by atoms with Crippen LogP contribution >= 0.6 is 11.6 Å². The lowest BCUT2D eigenvalue weighted by Gasteiger charge is -2.16. The van der Waals surface area contributed by atoms with Gasteiger partial charge in [0.1, 0.15) is 10.7 Å². The number of aromatic hydroxyl groups is 1. The predicted octanol–water partition coefficient (Wildman–Crippen LogP) is 5.10. The highest BCUT2D eigenvalue weighted by atomic mass is 35.5. The summed E-state index contributed by atoms with van der Waals surface area (Å²) in [4.78, 5) is 11.9. The van der Waals surface area contributed by atoms with E-state index in [-0.39, 0.29) is 38.5 Å². The summed E-state index contributed by atoms with van der Waals surface area (Å²) in [5.41, 5.74) is 0.402. The van der Waals surface area contributed by atoms with Crippen molar-refractivity contribution in [2.75, 3.05) is 16.4 Å². The molecule has 0 aliphatic heterocycles. The highest BCUT2D eigenvalue weighted by Crippen LogP contribution is 2.39. The van der Waals surface area contributed by atoms with E-state index in [9.17, 15) is 22.7 Å². The molecule has 9 heteroatoms. The van der Waals surface area contributed by atoms with E-state index in [2.05, 4.69) is 10.6 Å². The van der Waals surface area contributed by atoms with E-state index in [1.54, 1.807) is 0 Å². The lowest BCUT2D eigenvalue weighted by molar-refractivity contribution is 0.262. The van der Waals surface area contributed by atoms with Gasteiger partial charge < -0.3 is 15.7 Å². The van der Waals surface area contributed by atoms with Crippen LogP contribution in [0.3, 0.4) is 0 Å². The number of carbonyl (C=O) groups is 1. The molecule has 1 fully saturated rings. The molecule has 0 unspecified atom stereocenters. The number of sulfone groups is 1. The van der Waals surface area contributed by atoms with E-state index in [0.29, 0.717) is 0 Å². The van der Waals surface area contributed by atoms with E-state index in [0.717, 1.165) is 25.7 Å². The van der Waals surface area contributed by atoms with Gasteiger partial charge in [0.2, 0.25) is 0 Å². The Labute approximate surface area is 174 Å². The molecule has 0 atom stereocenters. The van der Waals surface area contributed by atoms with Crippen LogP contribution in [0.15, 0.2) is 35.2 Å². The largest absolute Gasteiger partial charge is 0.504 e. The Balaban J connectivity index is 1.82. The normalized spacial score (nSPS) is 14.7. The van der Waals surface area contributed by atoms with Crippen LogP contribution in [-0.4, -0.2) is 25.3 Å². The van der Waals surface area contributed by atoms with E-state index < -0.39 is 27.4 Å². The number of nitrogens with one attached hydrogen (secondary N) is 2. The van der Waals surface area contributed by atoms with Crippen molar-refractivity contribution in [1.82, 2.24) is 0 Å². The van der Waals surface area contributed by atoms with Crippen molar-refractivity contribution < 1.29 is 22.7 Å². The number of phenolic OH excluding ortho intramolecular Hbond substituents is 1.